The molecule has 0 atom stereocenters. The SMILES string of the molecule is CC(C)(C)C(=O)ON1CCC(N2CCC2=O)CC1. The maximum Gasteiger partial charge on any atom is 0.330 e. The van der Waals surface area contributed by atoms with Crippen molar-refractivity contribution in [2.75, 3.05) is 19.6 Å². The Kier molecular flexibility index (Phi) is 3.61. The summed E-state index contributed by atoms with van der Waals surface area (Å²) < 4.78 is 0. The largest absolute Gasteiger partial charge is 0.367 e. The van der Waals surface area contributed by atoms with Crippen molar-refractivity contribution in [3.63, 3.8) is 0 Å². The fraction of sp³-hybridized carbons (Fsp3) is 0.846. The van der Waals surface area contributed by atoms with Crippen LogP contribution in [0.25, 0.3) is 0 Å². The summed E-state index contributed by atoms with van der Waals surface area (Å²) in [6.07, 6.45) is 2.48. The van der Waals surface area contributed by atoms with Crippen LogP contribution in [0.5, 0.6) is 0 Å². The van der Waals surface area contributed by atoms with Crippen molar-refractivity contribution in [2.45, 2.75) is 46.1 Å². The van der Waals surface area contributed by atoms with E-state index in [4.69, 9.17) is 4.84 Å². The highest BCUT2D eigenvalue weighted by molar-refractivity contribution is 5.82. The lowest BCUT2D eigenvalue weighted by Crippen LogP contribution is -2.54. The number of likely N-dealkylation sites (tertiary alicyclic amines) is 1. The number of amides is 1. The molecule has 2 fully saturated rings. The molecule has 2 aliphatic rings. The number of rotatable bonds is 2. The monoisotopic (exact) mass is 254 g/mol. The normalized spacial score (nSPS) is 22.8. The molecule has 2 rings (SSSR count). The van der Waals surface area contributed by atoms with Gasteiger partial charge in [-0.1, -0.05) is 0 Å². The first-order chi connectivity index (χ1) is 8.38. The maximum absolute atomic E-state index is 11.7. The Morgan fingerprint density at radius 1 is 1.22 bits per heavy atom. The van der Waals surface area contributed by atoms with Crippen LogP contribution in [0, 0.1) is 5.41 Å². The molecule has 0 saturated carbocycles. The van der Waals surface area contributed by atoms with E-state index in [-0.39, 0.29) is 11.9 Å². The van der Waals surface area contributed by atoms with E-state index >= 15 is 0 Å². The van der Waals surface area contributed by atoms with Crippen molar-refractivity contribution in [3.8, 4) is 0 Å². The van der Waals surface area contributed by atoms with Gasteiger partial charge in [0.05, 0.1) is 5.41 Å². The first-order valence-corrected chi connectivity index (χ1v) is 6.65. The number of carbonyl (C=O) groups excluding carboxylic acids is 2. The Balaban J connectivity index is 1.77. The predicted molar refractivity (Wildman–Crippen MR) is 66.5 cm³/mol. The summed E-state index contributed by atoms with van der Waals surface area (Å²) in [7, 11) is 0. The van der Waals surface area contributed by atoms with Crippen LogP contribution in [0.15, 0.2) is 0 Å². The van der Waals surface area contributed by atoms with Gasteiger partial charge < -0.3 is 9.74 Å². The van der Waals surface area contributed by atoms with Crippen molar-refractivity contribution >= 4 is 11.9 Å². The lowest BCUT2D eigenvalue weighted by atomic mass is 9.97. The molecule has 2 saturated heterocycles. The topological polar surface area (TPSA) is 49.9 Å². The average Bonchev–Trinajstić information content (AvgIpc) is 2.28. The Bertz CT molecular complexity index is 341. The molecule has 2 heterocycles. The molecule has 2 aliphatic heterocycles. The summed E-state index contributed by atoms with van der Waals surface area (Å²) in [6.45, 7) is 7.88. The van der Waals surface area contributed by atoms with Crippen molar-refractivity contribution in [1.29, 1.82) is 0 Å². The van der Waals surface area contributed by atoms with E-state index in [0.717, 1.165) is 32.5 Å². The van der Waals surface area contributed by atoms with Crippen molar-refractivity contribution in [3.05, 3.63) is 0 Å². The third kappa shape index (κ3) is 2.83. The fourth-order valence-corrected chi connectivity index (χ4v) is 2.22. The molecular weight excluding hydrogens is 232 g/mol. The Hall–Kier alpha value is -1.10. The number of nitrogens with zero attached hydrogens (tertiary/aromatic N) is 2. The van der Waals surface area contributed by atoms with Crippen molar-refractivity contribution in [2.24, 2.45) is 5.41 Å². The number of β-lactam (4-membered cyclic amide) rings is 1. The second-order valence-corrected chi connectivity index (χ2v) is 6.13. The molecule has 5 nitrogen and oxygen atoms in total. The van der Waals surface area contributed by atoms with Gasteiger partial charge in [-0.15, -0.1) is 5.06 Å². The van der Waals surface area contributed by atoms with Crippen LogP contribution in [0.1, 0.15) is 40.0 Å². The smallest absolute Gasteiger partial charge is 0.330 e. The summed E-state index contributed by atoms with van der Waals surface area (Å²) in [5.74, 6) is 0.0705. The summed E-state index contributed by atoms with van der Waals surface area (Å²) in [4.78, 5) is 30.4. The van der Waals surface area contributed by atoms with Gasteiger partial charge in [-0.25, -0.2) is 4.79 Å². The number of hydrogen-bond acceptors (Lipinski definition) is 4. The van der Waals surface area contributed by atoms with Gasteiger partial charge in [0.2, 0.25) is 5.91 Å². The van der Waals surface area contributed by atoms with Crippen LogP contribution >= 0.6 is 0 Å². The van der Waals surface area contributed by atoms with Crippen molar-refractivity contribution in [1.82, 2.24) is 9.96 Å². The second-order valence-electron chi connectivity index (χ2n) is 6.13. The molecule has 0 aromatic rings. The Labute approximate surface area is 108 Å². The zero-order chi connectivity index (χ0) is 13.3. The maximum atomic E-state index is 11.7. The van der Waals surface area contributed by atoms with Crippen LogP contribution in [-0.2, 0) is 14.4 Å². The van der Waals surface area contributed by atoms with Crippen LogP contribution in [0.3, 0.4) is 0 Å². The highest BCUT2D eigenvalue weighted by Crippen LogP contribution is 2.24. The molecule has 0 radical (unpaired) electrons. The van der Waals surface area contributed by atoms with Crippen LogP contribution in [-0.4, -0.2) is 47.5 Å². The van der Waals surface area contributed by atoms with E-state index < -0.39 is 5.41 Å². The lowest BCUT2D eigenvalue weighted by molar-refractivity contribution is -0.207. The predicted octanol–water partition coefficient (Wildman–Crippen LogP) is 1.19. The first kappa shape index (κ1) is 13.3. The quantitative estimate of drug-likeness (QED) is 0.695. The minimum Gasteiger partial charge on any atom is -0.367 e. The molecule has 0 unspecified atom stereocenters. The third-order valence-electron chi connectivity index (χ3n) is 3.58. The Morgan fingerprint density at radius 2 is 1.83 bits per heavy atom. The average molecular weight is 254 g/mol. The second kappa shape index (κ2) is 4.88. The molecule has 1 amide bonds. The molecule has 0 aromatic heterocycles. The van der Waals surface area contributed by atoms with Crippen LogP contribution in [0.2, 0.25) is 0 Å². The molecule has 0 aromatic carbocycles. The van der Waals surface area contributed by atoms with Gasteiger partial charge in [0.15, 0.2) is 0 Å². The number of hydrogen-bond donors (Lipinski definition) is 0. The van der Waals surface area contributed by atoms with E-state index in [9.17, 15) is 9.59 Å². The zero-order valence-electron chi connectivity index (χ0n) is 11.4. The molecular formula is C13H22N2O3. The van der Waals surface area contributed by atoms with Gasteiger partial charge in [0.1, 0.15) is 0 Å². The van der Waals surface area contributed by atoms with E-state index in [0.29, 0.717) is 12.5 Å². The van der Waals surface area contributed by atoms with Gasteiger partial charge in [-0.3, -0.25) is 4.79 Å². The molecule has 102 valence electrons. The van der Waals surface area contributed by atoms with Gasteiger partial charge >= 0.3 is 5.97 Å². The van der Waals surface area contributed by atoms with Gasteiger partial charge in [-0.2, -0.15) is 0 Å². The van der Waals surface area contributed by atoms with E-state index in [1.54, 1.807) is 5.06 Å². The highest BCUT2D eigenvalue weighted by atomic mass is 16.7. The zero-order valence-corrected chi connectivity index (χ0v) is 11.4. The summed E-state index contributed by atoms with van der Waals surface area (Å²) in [6, 6.07) is 0.343. The third-order valence-corrected chi connectivity index (χ3v) is 3.58. The number of carbonyl (C=O) groups is 2. The molecule has 0 aliphatic carbocycles. The van der Waals surface area contributed by atoms with E-state index in [1.807, 2.05) is 25.7 Å². The highest BCUT2D eigenvalue weighted by Gasteiger charge is 2.34. The number of piperidine rings is 1. The summed E-state index contributed by atoms with van der Waals surface area (Å²) in [5.41, 5.74) is -0.468. The summed E-state index contributed by atoms with van der Waals surface area (Å²) in [5, 5.41) is 1.73. The van der Waals surface area contributed by atoms with Crippen LogP contribution < -0.4 is 0 Å². The van der Waals surface area contributed by atoms with Crippen molar-refractivity contribution < 1.29 is 14.4 Å². The van der Waals surface area contributed by atoms with Gasteiger partial charge in [0.25, 0.3) is 0 Å². The number of hydroxylamine groups is 2. The Morgan fingerprint density at radius 3 is 2.22 bits per heavy atom. The minimum atomic E-state index is -0.468. The minimum absolute atomic E-state index is 0.194. The molecule has 18 heavy (non-hydrogen) atoms. The van der Waals surface area contributed by atoms with E-state index in [2.05, 4.69) is 0 Å². The summed E-state index contributed by atoms with van der Waals surface area (Å²) >= 11 is 0. The van der Waals surface area contributed by atoms with Gasteiger partial charge in [0, 0.05) is 32.1 Å². The standard InChI is InChI=1S/C13H22N2O3/c1-13(2,3)12(17)18-14-7-4-10(5-8-14)15-9-6-11(15)16/h10H,4-9H2,1-3H3. The van der Waals surface area contributed by atoms with E-state index in [1.165, 1.54) is 0 Å². The molecule has 5 heteroatoms. The fourth-order valence-electron chi connectivity index (χ4n) is 2.22. The molecule has 0 N–H and O–H groups in total. The first-order valence-electron chi connectivity index (χ1n) is 6.65. The van der Waals surface area contributed by atoms with Crippen LogP contribution in [0.4, 0.5) is 0 Å². The molecule has 0 bridgehead atoms. The van der Waals surface area contributed by atoms with Gasteiger partial charge in [-0.05, 0) is 33.6 Å². The lowest BCUT2D eigenvalue weighted by Gasteiger charge is -2.42. The molecule has 0 spiro atoms.